The first-order valence-corrected chi connectivity index (χ1v) is 13.5. The van der Waals surface area contributed by atoms with Crippen LogP contribution in [0.5, 0.6) is 11.5 Å². The quantitative estimate of drug-likeness (QED) is 0.314. The predicted molar refractivity (Wildman–Crippen MR) is 153 cm³/mol. The summed E-state index contributed by atoms with van der Waals surface area (Å²) in [6.07, 6.45) is 0. The van der Waals surface area contributed by atoms with Crippen molar-refractivity contribution in [2.24, 2.45) is 0 Å². The third-order valence-corrected chi connectivity index (χ3v) is 6.54. The second-order valence-electron chi connectivity index (χ2n) is 14.6. The van der Waals surface area contributed by atoms with Crippen LogP contribution in [-0.2, 0) is 21.7 Å². The van der Waals surface area contributed by atoms with Crippen molar-refractivity contribution in [1.82, 2.24) is 0 Å². The van der Waals surface area contributed by atoms with E-state index in [2.05, 4.69) is 137 Å². The van der Waals surface area contributed by atoms with Crippen LogP contribution < -0.4 is 9.47 Å². The van der Waals surface area contributed by atoms with E-state index < -0.39 is 4.65 Å². The topological polar surface area (TPSA) is 18.5 Å². The molecule has 0 N–H and O–H groups in total. The normalized spacial score (nSPS) is 13.7. The van der Waals surface area contributed by atoms with Crippen LogP contribution in [0.1, 0.15) is 123 Å². The molecule has 0 fully saturated rings. The second-order valence-corrected chi connectivity index (χ2v) is 15.6. The lowest BCUT2D eigenvalue weighted by molar-refractivity contribution is -0.0263. The first-order chi connectivity index (χ1) is 15.4. The summed E-state index contributed by atoms with van der Waals surface area (Å²) < 4.78 is 12.8. The standard InChI is InChI=1S/C32H49O2.Al/c1-20-16-23(29(4,5)6)27(24(17-20)30(7,8)9)33-22(3)34-28-25(31(10,11)12)18-21(2)19-26(28)32(13,14)15;/h16-19H,1-15H3;. The van der Waals surface area contributed by atoms with Gasteiger partial charge in [0, 0.05) is 22.3 Å². The molecule has 0 aliphatic rings. The van der Waals surface area contributed by atoms with Gasteiger partial charge in [0.1, 0.15) is 16.1 Å². The average molecular weight is 493 g/mol. The van der Waals surface area contributed by atoms with Crippen molar-refractivity contribution in [2.75, 3.05) is 0 Å². The number of hydrogen-bond donors (Lipinski definition) is 0. The van der Waals surface area contributed by atoms with E-state index in [9.17, 15) is 0 Å². The Bertz CT molecular complexity index is 909. The minimum atomic E-state index is -0.954. The number of ether oxygens (including phenoxy) is 2. The largest absolute Gasteiger partial charge is 0.471 e. The van der Waals surface area contributed by atoms with Crippen molar-refractivity contribution < 1.29 is 9.47 Å². The molecule has 2 radical (unpaired) electrons. The zero-order chi connectivity index (χ0) is 27.4. The molecule has 192 valence electrons. The van der Waals surface area contributed by atoms with Crippen molar-refractivity contribution in [1.29, 1.82) is 0 Å². The van der Waals surface area contributed by atoms with Crippen molar-refractivity contribution in [3.63, 3.8) is 0 Å². The van der Waals surface area contributed by atoms with Crippen LogP contribution in [-0.4, -0.2) is 20.9 Å². The Kier molecular flexibility index (Phi) is 8.06. The van der Waals surface area contributed by atoms with Crippen LogP contribution in [0.4, 0.5) is 0 Å². The van der Waals surface area contributed by atoms with Gasteiger partial charge in [-0.2, -0.15) is 0 Å². The van der Waals surface area contributed by atoms with Gasteiger partial charge < -0.3 is 9.47 Å². The van der Waals surface area contributed by atoms with Gasteiger partial charge in [0.2, 0.25) is 0 Å². The minimum absolute atomic E-state index is 0.0703. The molecule has 0 amide bonds. The zero-order valence-corrected chi connectivity index (χ0v) is 26.4. The van der Waals surface area contributed by atoms with E-state index >= 15 is 0 Å². The summed E-state index contributed by atoms with van der Waals surface area (Å²) in [6, 6.07) is 9.05. The third-order valence-electron chi connectivity index (χ3n) is 6.31. The number of rotatable bonds is 4. The molecule has 2 nitrogen and oxygen atoms in total. The summed E-state index contributed by atoms with van der Waals surface area (Å²) in [5.41, 5.74) is 7.04. The number of aryl methyl sites for hydroxylation is 2. The molecule has 2 aromatic carbocycles. The minimum Gasteiger partial charge on any atom is -0.471 e. The molecule has 0 bridgehead atoms. The molecule has 0 aliphatic carbocycles. The highest BCUT2D eigenvalue weighted by Gasteiger charge is 2.34. The fourth-order valence-corrected chi connectivity index (χ4v) is 4.66. The van der Waals surface area contributed by atoms with Gasteiger partial charge in [0.15, 0.2) is 0 Å². The highest BCUT2D eigenvalue weighted by molar-refractivity contribution is 6.13. The average Bonchev–Trinajstić information content (AvgIpc) is 2.60. The lowest BCUT2D eigenvalue weighted by Gasteiger charge is -2.39. The smallest absolute Gasteiger partial charge is 0.272 e. The maximum absolute atomic E-state index is 6.88. The van der Waals surface area contributed by atoms with Crippen LogP contribution in [0.2, 0.25) is 0 Å². The first kappa shape index (κ1) is 29.8. The van der Waals surface area contributed by atoms with E-state index in [-0.39, 0.29) is 21.7 Å². The van der Waals surface area contributed by atoms with Gasteiger partial charge in [-0.05, 0) is 42.4 Å². The summed E-state index contributed by atoms with van der Waals surface area (Å²) in [5.74, 6) is 1.85. The lowest BCUT2D eigenvalue weighted by Crippen LogP contribution is -2.42. The van der Waals surface area contributed by atoms with E-state index in [1.54, 1.807) is 0 Å². The van der Waals surface area contributed by atoms with E-state index in [0.717, 1.165) is 11.5 Å². The van der Waals surface area contributed by atoms with Gasteiger partial charge in [-0.3, -0.25) is 0 Å². The summed E-state index contributed by atoms with van der Waals surface area (Å²) in [4.78, 5) is 0. The predicted octanol–water partition coefficient (Wildman–Crippen LogP) is 8.79. The zero-order valence-electron chi connectivity index (χ0n) is 25.2. The molecule has 0 heterocycles. The molecule has 0 atom stereocenters. The van der Waals surface area contributed by atoms with Gasteiger partial charge in [0.05, 0.1) is 0 Å². The highest BCUT2D eigenvalue weighted by Crippen LogP contribution is 2.45. The Morgan fingerprint density at radius 1 is 0.457 bits per heavy atom. The number of benzene rings is 2. The highest BCUT2D eigenvalue weighted by atomic mass is 27.0. The van der Waals surface area contributed by atoms with E-state index in [4.69, 9.17) is 9.47 Å². The van der Waals surface area contributed by atoms with Gasteiger partial charge in [-0.25, -0.2) is 0 Å². The molecular weight excluding hydrogens is 443 g/mol. The second kappa shape index (κ2) is 9.46. The monoisotopic (exact) mass is 492 g/mol. The summed E-state index contributed by atoms with van der Waals surface area (Å²) in [6.45, 7) is 33.3. The van der Waals surface area contributed by atoms with Crippen molar-refractivity contribution in [3.8, 4) is 11.5 Å². The Morgan fingerprint density at radius 3 is 0.829 bits per heavy atom. The molecule has 0 aromatic heterocycles. The van der Waals surface area contributed by atoms with Crippen molar-refractivity contribution >= 4 is 16.3 Å². The molecule has 0 saturated heterocycles. The fraction of sp³-hybridized carbons (Fsp3) is 0.625. The van der Waals surface area contributed by atoms with Gasteiger partial charge >= 0.3 is 0 Å². The van der Waals surface area contributed by atoms with Gasteiger partial charge in [-0.15, -0.1) is 0 Å². The Labute approximate surface area is 224 Å². The Balaban J connectivity index is 2.75. The molecule has 3 heteroatoms. The Hall–Kier alpha value is -1.43. The summed E-state index contributed by atoms with van der Waals surface area (Å²) in [5, 5.41) is 0. The maximum Gasteiger partial charge on any atom is 0.272 e. The van der Waals surface area contributed by atoms with E-state index in [1.165, 1.54) is 33.4 Å². The van der Waals surface area contributed by atoms with Crippen molar-refractivity contribution in [2.45, 2.75) is 130 Å². The van der Waals surface area contributed by atoms with Crippen LogP contribution >= 0.6 is 0 Å². The molecule has 0 unspecified atom stereocenters. The van der Waals surface area contributed by atoms with Gasteiger partial charge in [-0.1, -0.05) is 118 Å². The van der Waals surface area contributed by atoms with Crippen LogP contribution in [0.15, 0.2) is 24.3 Å². The molecular formula is C32H49AlO2. The van der Waals surface area contributed by atoms with Crippen molar-refractivity contribution in [3.05, 3.63) is 57.6 Å². The molecule has 35 heavy (non-hydrogen) atoms. The van der Waals surface area contributed by atoms with Crippen LogP contribution in [0, 0.1) is 13.8 Å². The van der Waals surface area contributed by atoms with E-state index in [0.29, 0.717) is 0 Å². The third kappa shape index (κ3) is 7.30. The van der Waals surface area contributed by atoms with Crippen LogP contribution in [0.25, 0.3) is 0 Å². The molecule has 0 spiro atoms. The molecule has 2 aromatic rings. The summed E-state index contributed by atoms with van der Waals surface area (Å²) in [7, 11) is 0. The SMILES string of the molecule is Cc1cc(C(C)(C)C)c(O[C](C)([Al])Oc2c(C(C)(C)C)cc(C)cc2C(C)(C)C)c(C(C)(C)C)c1. The molecule has 2 rings (SSSR count). The molecule has 0 saturated carbocycles. The fourth-order valence-electron chi connectivity index (χ4n) is 4.42. The number of hydrogen-bond acceptors (Lipinski definition) is 2. The van der Waals surface area contributed by atoms with Gasteiger partial charge in [0.25, 0.3) is 16.3 Å². The van der Waals surface area contributed by atoms with E-state index in [1.807, 2.05) is 6.92 Å². The first-order valence-electron chi connectivity index (χ1n) is 12.9. The maximum atomic E-state index is 6.88. The molecule has 0 aliphatic heterocycles. The van der Waals surface area contributed by atoms with Crippen LogP contribution in [0.3, 0.4) is 0 Å². The Morgan fingerprint density at radius 2 is 0.657 bits per heavy atom. The lowest BCUT2D eigenvalue weighted by atomic mass is 9.78. The summed E-state index contributed by atoms with van der Waals surface area (Å²) >= 11 is 2.85.